The van der Waals surface area contributed by atoms with E-state index in [9.17, 15) is 19.2 Å². The second kappa shape index (κ2) is 6.94. The highest BCUT2D eigenvalue weighted by molar-refractivity contribution is 6.46. The summed E-state index contributed by atoms with van der Waals surface area (Å²) in [5.74, 6) is -2.82. The number of aryl methyl sites for hydroxylation is 2. The van der Waals surface area contributed by atoms with Gasteiger partial charge in [0.1, 0.15) is 17.7 Å². The molecule has 0 radical (unpaired) electrons. The number of hydrazone groups is 1. The van der Waals surface area contributed by atoms with Gasteiger partial charge < -0.3 is 4.74 Å². The highest BCUT2D eigenvalue weighted by Gasteiger charge is 2.58. The molecule has 0 saturated carbocycles. The molecule has 0 spiro atoms. The van der Waals surface area contributed by atoms with E-state index >= 15 is 0 Å². The van der Waals surface area contributed by atoms with Crippen molar-refractivity contribution in [3.05, 3.63) is 29.3 Å². The third-order valence-corrected chi connectivity index (χ3v) is 4.68. The van der Waals surface area contributed by atoms with Gasteiger partial charge in [-0.05, 0) is 44.0 Å². The number of imide groups is 1. The van der Waals surface area contributed by atoms with Crippen LogP contribution >= 0.6 is 0 Å². The highest BCUT2D eigenvalue weighted by Crippen LogP contribution is 2.36. The summed E-state index contributed by atoms with van der Waals surface area (Å²) in [4.78, 5) is 50.7. The molecule has 142 valence electrons. The summed E-state index contributed by atoms with van der Waals surface area (Å²) < 4.78 is 4.73. The van der Waals surface area contributed by atoms with Crippen LogP contribution in [0.5, 0.6) is 0 Å². The average molecular weight is 371 g/mol. The molecule has 2 aliphatic rings. The van der Waals surface area contributed by atoms with Crippen molar-refractivity contribution < 1.29 is 23.9 Å². The number of hydrogen-bond donors (Lipinski definition) is 0. The summed E-state index contributed by atoms with van der Waals surface area (Å²) >= 11 is 0. The summed E-state index contributed by atoms with van der Waals surface area (Å²) in [6.45, 7) is 5.34. The Kier molecular flexibility index (Phi) is 4.82. The number of hydrogen-bond acceptors (Lipinski definition) is 7. The summed E-state index contributed by atoms with van der Waals surface area (Å²) in [5, 5.41) is 5.50. The molecule has 1 saturated heterocycles. The van der Waals surface area contributed by atoms with E-state index in [1.165, 1.54) is 19.0 Å². The number of ketones is 1. The molecule has 1 aromatic rings. The lowest BCUT2D eigenvalue weighted by Gasteiger charge is -2.22. The highest BCUT2D eigenvalue weighted by atomic mass is 16.5. The van der Waals surface area contributed by atoms with Gasteiger partial charge in [-0.15, -0.1) is 0 Å². The molecule has 0 unspecified atom stereocenters. The average Bonchev–Trinajstić information content (AvgIpc) is 3.08. The molecule has 2 atom stereocenters. The fraction of sp³-hybridized carbons (Fsp3) is 0.421. The molecule has 2 amide bonds. The number of amides is 2. The first-order chi connectivity index (χ1) is 12.7. The number of nitrogens with zero attached hydrogens (tertiary/aromatic N) is 3. The van der Waals surface area contributed by atoms with Crippen LogP contribution in [0, 0.1) is 19.8 Å². The van der Waals surface area contributed by atoms with Crippen molar-refractivity contribution in [2.24, 2.45) is 11.0 Å². The van der Waals surface area contributed by atoms with Gasteiger partial charge in [-0.1, -0.05) is 6.07 Å². The number of esters is 1. The Morgan fingerprint density at radius 2 is 1.74 bits per heavy atom. The van der Waals surface area contributed by atoms with E-state index in [0.29, 0.717) is 5.69 Å². The molecule has 27 heavy (non-hydrogen) atoms. The van der Waals surface area contributed by atoms with E-state index in [0.717, 1.165) is 16.0 Å². The van der Waals surface area contributed by atoms with Gasteiger partial charge in [0.25, 0.3) is 5.91 Å². The predicted octanol–water partition coefficient (Wildman–Crippen LogP) is 0.985. The van der Waals surface area contributed by atoms with E-state index in [1.807, 2.05) is 19.9 Å². The minimum atomic E-state index is -1.03. The van der Waals surface area contributed by atoms with Crippen LogP contribution in [0.25, 0.3) is 0 Å². The number of Topliss-reactive ketones (excluding diaryl/α,β-unsaturated/α-hetero) is 1. The third kappa shape index (κ3) is 3.22. The first-order valence-corrected chi connectivity index (χ1v) is 8.63. The quantitative estimate of drug-likeness (QED) is 0.566. The summed E-state index contributed by atoms with van der Waals surface area (Å²) in [5.41, 5.74) is 2.19. The smallest absolute Gasteiger partial charge is 0.355 e. The van der Waals surface area contributed by atoms with Gasteiger partial charge in [-0.2, -0.15) is 5.10 Å². The van der Waals surface area contributed by atoms with Crippen LogP contribution in [0.2, 0.25) is 0 Å². The van der Waals surface area contributed by atoms with Crippen molar-refractivity contribution in [2.75, 3.05) is 18.6 Å². The van der Waals surface area contributed by atoms with Crippen molar-refractivity contribution in [2.45, 2.75) is 33.2 Å². The van der Waals surface area contributed by atoms with Crippen LogP contribution in [0.15, 0.2) is 23.3 Å². The largest absolute Gasteiger partial charge is 0.464 e. The zero-order chi connectivity index (χ0) is 19.9. The number of anilines is 1. The summed E-state index contributed by atoms with van der Waals surface area (Å²) in [6, 6.07) is 4.50. The molecule has 8 nitrogen and oxygen atoms in total. The first kappa shape index (κ1) is 18.8. The van der Waals surface area contributed by atoms with E-state index < -0.39 is 29.7 Å². The van der Waals surface area contributed by atoms with Crippen molar-refractivity contribution >= 4 is 35.0 Å². The topological polar surface area (TPSA) is 96.3 Å². The van der Waals surface area contributed by atoms with Crippen molar-refractivity contribution in [1.82, 2.24) is 5.01 Å². The van der Waals surface area contributed by atoms with Crippen molar-refractivity contribution in [3.63, 3.8) is 0 Å². The Balaban J connectivity index is 2.01. The number of methoxy groups -OCH3 is 1. The molecular weight excluding hydrogens is 350 g/mol. The number of benzene rings is 1. The van der Waals surface area contributed by atoms with E-state index in [4.69, 9.17) is 4.74 Å². The standard InChI is InChI=1S/C19H21N3O5/c1-10-7-11(2)9-13(8-10)22-17(24)14-15(19(26)27-4)20-21(6-5-12(3)23)16(14)18(22)25/h7-9,14,16H,5-6H2,1-4H3/t14-,16-/m0/s1. The number of fused-ring (bicyclic) bond motifs is 1. The minimum Gasteiger partial charge on any atom is -0.464 e. The van der Waals surface area contributed by atoms with Gasteiger partial charge in [-0.25, -0.2) is 9.69 Å². The summed E-state index contributed by atoms with van der Waals surface area (Å²) in [7, 11) is 1.20. The molecule has 0 bridgehead atoms. The maximum absolute atomic E-state index is 13.1. The molecule has 8 heteroatoms. The third-order valence-electron chi connectivity index (χ3n) is 4.68. The van der Waals surface area contributed by atoms with Crippen molar-refractivity contribution in [3.8, 4) is 0 Å². The van der Waals surface area contributed by atoms with Crippen LogP contribution in [-0.4, -0.2) is 54.0 Å². The maximum atomic E-state index is 13.1. The fourth-order valence-electron chi connectivity index (χ4n) is 3.55. The van der Waals surface area contributed by atoms with Gasteiger partial charge in [0, 0.05) is 13.0 Å². The number of rotatable bonds is 5. The fourth-order valence-corrected chi connectivity index (χ4v) is 3.55. The molecule has 2 aliphatic heterocycles. The van der Waals surface area contributed by atoms with Gasteiger partial charge in [0.05, 0.1) is 12.8 Å². The molecule has 3 rings (SSSR count). The van der Waals surface area contributed by atoms with Gasteiger partial charge >= 0.3 is 5.97 Å². The zero-order valence-electron chi connectivity index (χ0n) is 15.7. The first-order valence-electron chi connectivity index (χ1n) is 8.63. The van der Waals surface area contributed by atoms with Crippen LogP contribution in [0.1, 0.15) is 24.5 Å². The molecule has 0 N–H and O–H groups in total. The lowest BCUT2D eigenvalue weighted by atomic mass is 9.98. The van der Waals surface area contributed by atoms with Crippen LogP contribution < -0.4 is 4.90 Å². The molecular formula is C19H21N3O5. The van der Waals surface area contributed by atoms with Crippen molar-refractivity contribution in [1.29, 1.82) is 0 Å². The predicted molar refractivity (Wildman–Crippen MR) is 97.1 cm³/mol. The zero-order valence-corrected chi connectivity index (χ0v) is 15.7. The Morgan fingerprint density at radius 1 is 1.11 bits per heavy atom. The maximum Gasteiger partial charge on any atom is 0.355 e. The molecule has 1 aromatic carbocycles. The molecule has 0 aliphatic carbocycles. The Bertz CT molecular complexity index is 856. The SMILES string of the molecule is COC(=O)C1=NN(CCC(C)=O)[C@@H]2C(=O)N(c3cc(C)cc(C)c3)C(=O)[C@@H]12. The normalized spacial score (nSPS) is 21.4. The van der Waals surface area contributed by atoms with E-state index in [1.54, 1.807) is 12.1 Å². The lowest BCUT2D eigenvalue weighted by molar-refractivity contribution is -0.133. The second-order valence-electron chi connectivity index (χ2n) is 6.87. The van der Waals surface area contributed by atoms with Crippen LogP contribution in [0.3, 0.4) is 0 Å². The monoisotopic (exact) mass is 371 g/mol. The van der Waals surface area contributed by atoms with Gasteiger partial charge in [0.15, 0.2) is 5.71 Å². The Morgan fingerprint density at radius 3 is 2.30 bits per heavy atom. The van der Waals surface area contributed by atoms with E-state index in [2.05, 4.69) is 5.10 Å². The molecule has 0 aromatic heterocycles. The lowest BCUT2D eigenvalue weighted by Crippen LogP contribution is -2.40. The van der Waals surface area contributed by atoms with Gasteiger partial charge in [-0.3, -0.25) is 19.4 Å². The van der Waals surface area contributed by atoms with Crippen LogP contribution in [0.4, 0.5) is 5.69 Å². The number of carbonyl (C=O) groups is 4. The summed E-state index contributed by atoms with van der Waals surface area (Å²) in [6.07, 6.45) is 0.159. The van der Waals surface area contributed by atoms with Gasteiger partial charge in [0.2, 0.25) is 5.91 Å². The second-order valence-corrected chi connectivity index (χ2v) is 6.87. The Hall–Kier alpha value is -3.03. The van der Waals surface area contributed by atoms with E-state index in [-0.39, 0.29) is 24.5 Å². The molecule has 2 heterocycles. The minimum absolute atomic E-state index is 0.0730. The number of carbonyl (C=O) groups excluding carboxylic acids is 4. The Labute approximate surface area is 156 Å². The van der Waals surface area contributed by atoms with Crippen LogP contribution in [-0.2, 0) is 23.9 Å². The molecule has 1 fully saturated rings. The number of ether oxygens (including phenoxy) is 1.